The highest BCUT2D eigenvalue weighted by molar-refractivity contribution is 7.09. The van der Waals surface area contributed by atoms with E-state index in [2.05, 4.69) is 10.4 Å². The fourth-order valence-electron chi connectivity index (χ4n) is 3.74. The number of aromatic nitrogens is 1. The summed E-state index contributed by atoms with van der Waals surface area (Å²) in [4.78, 5) is 4.42. The zero-order chi connectivity index (χ0) is 10.3. The van der Waals surface area contributed by atoms with Crippen LogP contribution in [-0.4, -0.2) is 11.5 Å². The van der Waals surface area contributed by atoms with Crippen molar-refractivity contribution in [2.75, 3.05) is 6.54 Å². The van der Waals surface area contributed by atoms with Gasteiger partial charge in [0.1, 0.15) is 0 Å². The van der Waals surface area contributed by atoms with Crippen LogP contribution in [-0.2, 0) is 6.42 Å². The normalized spacial score (nSPS) is 38.7. The van der Waals surface area contributed by atoms with Gasteiger partial charge in [-0.1, -0.05) is 6.42 Å². The number of hydrogen-bond donors (Lipinski definition) is 1. The van der Waals surface area contributed by atoms with Crippen LogP contribution in [0.4, 0.5) is 0 Å². The van der Waals surface area contributed by atoms with Crippen molar-refractivity contribution < 1.29 is 0 Å². The molecule has 3 rings (SSSR count). The Labute approximate surface area is 94.9 Å². The smallest absolute Gasteiger partial charge is 0.0930 e. The second kappa shape index (κ2) is 3.56. The Morgan fingerprint density at radius 3 is 3.00 bits per heavy atom. The van der Waals surface area contributed by atoms with Crippen LogP contribution in [0.1, 0.15) is 30.7 Å². The molecule has 3 heteroatoms. The minimum absolute atomic E-state index is 0.404. The zero-order valence-corrected chi connectivity index (χ0v) is 9.80. The lowest BCUT2D eigenvalue weighted by Crippen LogP contribution is -2.37. The maximum Gasteiger partial charge on any atom is 0.0930 e. The lowest BCUT2D eigenvalue weighted by molar-refractivity contribution is 0.171. The van der Waals surface area contributed by atoms with Crippen LogP contribution < -0.4 is 5.73 Å². The Morgan fingerprint density at radius 1 is 1.53 bits per heavy atom. The Hall–Kier alpha value is -0.410. The van der Waals surface area contributed by atoms with Gasteiger partial charge in [-0.05, 0) is 43.1 Å². The highest BCUT2D eigenvalue weighted by Gasteiger charge is 2.50. The van der Waals surface area contributed by atoms with Crippen molar-refractivity contribution in [1.82, 2.24) is 4.98 Å². The molecule has 2 bridgehead atoms. The lowest BCUT2D eigenvalue weighted by atomic mass is 9.71. The van der Waals surface area contributed by atoms with Gasteiger partial charge in [-0.2, -0.15) is 0 Å². The van der Waals surface area contributed by atoms with Crippen molar-refractivity contribution >= 4 is 11.3 Å². The molecule has 1 heterocycles. The molecule has 0 saturated heterocycles. The van der Waals surface area contributed by atoms with Crippen molar-refractivity contribution in [3.8, 4) is 0 Å². The molecule has 2 aliphatic carbocycles. The summed E-state index contributed by atoms with van der Waals surface area (Å²) >= 11 is 1.78. The number of fused-ring (bicyclic) bond motifs is 2. The summed E-state index contributed by atoms with van der Waals surface area (Å²) in [6.07, 6.45) is 8.69. The predicted molar refractivity (Wildman–Crippen MR) is 62.8 cm³/mol. The van der Waals surface area contributed by atoms with Gasteiger partial charge in [-0.15, -0.1) is 11.3 Å². The number of nitrogens with two attached hydrogens (primary N) is 1. The third-order valence-electron chi connectivity index (χ3n) is 4.50. The van der Waals surface area contributed by atoms with Crippen LogP contribution >= 0.6 is 11.3 Å². The summed E-state index contributed by atoms with van der Waals surface area (Å²) in [5, 5.41) is 3.36. The molecule has 2 N–H and O–H groups in total. The van der Waals surface area contributed by atoms with Crippen LogP contribution in [0.3, 0.4) is 0 Å². The fraction of sp³-hybridized carbons (Fsp3) is 0.750. The molecule has 2 fully saturated rings. The molecule has 2 aliphatic rings. The van der Waals surface area contributed by atoms with Crippen LogP contribution in [0.25, 0.3) is 0 Å². The minimum Gasteiger partial charge on any atom is -0.330 e. The molecular formula is C12H18N2S. The van der Waals surface area contributed by atoms with E-state index >= 15 is 0 Å². The average Bonchev–Trinajstić information content (AvgIpc) is 2.93. The van der Waals surface area contributed by atoms with Gasteiger partial charge < -0.3 is 5.73 Å². The van der Waals surface area contributed by atoms with E-state index in [9.17, 15) is 0 Å². The van der Waals surface area contributed by atoms with E-state index < -0.39 is 0 Å². The molecule has 1 aromatic rings. The topological polar surface area (TPSA) is 38.9 Å². The number of rotatable bonds is 3. The monoisotopic (exact) mass is 222 g/mol. The summed E-state index contributed by atoms with van der Waals surface area (Å²) in [5.74, 6) is 1.86. The molecule has 82 valence electrons. The first-order valence-corrected chi connectivity index (χ1v) is 6.79. The van der Waals surface area contributed by atoms with Gasteiger partial charge in [0.2, 0.25) is 0 Å². The quantitative estimate of drug-likeness (QED) is 0.853. The van der Waals surface area contributed by atoms with Crippen molar-refractivity contribution in [3.63, 3.8) is 0 Å². The Kier molecular flexibility index (Phi) is 2.33. The van der Waals surface area contributed by atoms with Gasteiger partial charge in [0.15, 0.2) is 0 Å². The van der Waals surface area contributed by atoms with Gasteiger partial charge >= 0.3 is 0 Å². The predicted octanol–water partition coefficient (Wildman–Crippen LogP) is 2.45. The molecule has 2 nitrogen and oxygen atoms in total. The second-order valence-electron chi connectivity index (χ2n) is 5.25. The molecule has 1 aromatic heterocycles. The van der Waals surface area contributed by atoms with E-state index in [0.717, 1.165) is 24.8 Å². The van der Waals surface area contributed by atoms with Crippen LogP contribution in [0, 0.1) is 17.3 Å². The van der Waals surface area contributed by atoms with Crippen LogP contribution in [0.15, 0.2) is 11.6 Å². The first kappa shape index (κ1) is 9.79. The zero-order valence-electron chi connectivity index (χ0n) is 8.98. The number of thiazole rings is 1. The van der Waals surface area contributed by atoms with Gasteiger partial charge in [-0.3, -0.25) is 0 Å². The summed E-state index contributed by atoms with van der Waals surface area (Å²) in [7, 11) is 0. The van der Waals surface area contributed by atoms with Gasteiger partial charge in [0, 0.05) is 18.0 Å². The SMILES string of the molecule is NCC1(Cc2nccs2)CC2CCC1C2. The van der Waals surface area contributed by atoms with E-state index in [0.29, 0.717) is 5.41 Å². The summed E-state index contributed by atoms with van der Waals surface area (Å²) in [6, 6.07) is 0. The van der Waals surface area contributed by atoms with Gasteiger partial charge in [-0.25, -0.2) is 4.98 Å². The van der Waals surface area contributed by atoms with E-state index in [1.165, 1.54) is 30.7 Å². The molecule has 0 amide bonds. The highest BCUT2D eigenvalue weighted by atomic mass is 32.1. The van der Waals surface area contributed by atoms with E-state index in [4.69, 9.17) is 5.73 Å². The van der Waals surface area contributed by atoms with E-state index in [-0.39, 0.29) is 0 Å². The number of hydrogen-bond acceptors (Lipinski definition) is 3. The molecule has 0 radical (unpaired) electrons. The Bertz CT molecular complexity index is 335. The third-order valence-corrected chi connectivity index (χ3v) is 5.28. The summed E-state index contributed by atoms with van der Waals surface area (Å²) < 4.78 is 0. The van der Waals surface area contributed by atoms with Crippen molar-refractivity contribution in [1.29, 1.82) is 0 Å². The molecule has 2 saturated carbocycles. The Balaban J connectivity index is 1.82. The third kappa shape index (κ3) is 1.53. The summed E-state index contributed by atoms with van der Waals surface area (Å²) in [5.41, 5.74) is 6.45. The van der Waals surface area contributed by atoms with Crippen molar-refractivity contribution in [2.45, 2.75) is 32.1 Å². The average molecular weight is 222 g/mol. The Morgan fingerprint density at radius 2 is 2.47 bits per heavy atom. The first-order chi connectivity index (χ1) is 7.32. The molecule has 0 spiro atoms. The number of nitrogens with zero attached hydrogens (tertiary/aromatic N) is 1. The van der Waals surface area contributed by atoms with E-state index in [1.807, 2.05) is 6.20 Å². The van der Waals surface area contributed by atoms with Gasteiger partial charge in [0.05, 0.1) is 5.01 Å². The van der Waals surface area contributed by atoms with Crippen LogP contribution in [0.2, 0.25) is 0 Å². The second-order valence-corrected chi connectivity index (χ2v) is 6.23. The van der Waals surface area contributed by atoms with Crippen molar-refractivity contribution in [3.05, 3.63) is 16.6 Å². The molecule has 15 heavy (non-hydrogen) atoms. The lowest BCUT2D eigenvalue weighted by Gasteiger charge is -2.36. The van der Waals surface area contributed by atoms with E-state index in [1.54, 1.807) is 11.3 Å². The molecule has 0 aliphatic heterocycles. The summed E-state index contributed by atoms with van der Waals surface area (Å²) in [6.45, 7) is 0.855. The van der Waals surface area contributed by atoms with Crippen LogP contribution in [0.5, 0.6) is 0 Å². The van der Waals surface area contributed by atoms with Gasteiger partial charge in [0.25, 0.3) is 0 Å². The molecule has 3 atom stereocenters. The minimum atomic E-state index is 0.404. The highest BCUT2D eigenvalue weighted by Crippen LogP contribution is 2.56. The van der Waals surface area contributed by atoms with Crippen molar-refractivity contribution in [2.24, 2.45) is 23.0 Å². The molecule has 3 unspecified atom stereocenters. The maximum atomic E-state index is 6.05. The molecular weight excluding hydrogens is 204 g/mol. The molecule has 0 aromatic carbocycles. The standard InChI is InChI=1S/C12H18N2S/c13-8-12(7-11-14-3-4-15-11)6-9-1-2-10(12)5-9/h3-4,9-10H,1-2,5-8,13H2. The largest absolute Gasteiger partial charge is 0.330 e. The maximum absolute atomic E-state index is 6.05. The fourth-order valence-corrected chi connectivity index (χ4v) is 4.51. The first-order valence-electron chi connectivity index (χ1n) is 5.91.